The molecule has 0 aromatic heterocycles. The second kappa shape index (κ2) is 8.01. The lowest BCUT2D eigenvalue weighted by Crippen LogP contribution is -2.32. The zero-order valence-corrected chi connectivity index (χ0v) is 18.5. The zero-order chi connectivity index (χ0) is 21.5. The normalized spacial score (nSPS) is 17.7. The Morgan fingerprint density at radius 1 is 0.967 bits per heavy atom. The lowest BCUT2D eigenvalue weighted by atomic mass is 9.78. The zero-order valence-electron chi connectivity index (χ0n) is 17.0. The third kappa shape index (κ3) is 3.59. The van der Waals surface area contributed by atoms with E-state index in [0.717, 1.165) is 33.9 Å². The van der Waals surface area contributed by atoms with Crippen LogP contribution in [0.2, 0.25) is 10.0 Å². The number of methoxy groups -OCH3 is 2. The predicted molar refractivity (Wildman–Crippen MR) is 120 cm³/mol. The molecule has 3 aromatic carbocycles. The molecule has 3 nitrogen and oxygen atoms in total. The predicted octanol–water partition coefficient (Wildman–Crippen LogP) is 6.48. The van der Waals surface area contributed by atoms with Crippen LogP contribution in [0.15, 0.2) is 54.6 Å². The number of nitrogens with zero attached hydrogens (tertiary/aromatic N) is 1. The number of anilines is 1. The molecule has 3 aromatic rings. The Balaban J connectivity index is 1.77. The van der Waals surface area contributed by atoms with Crippen molar-refractivity contribution in [2.24, 2.45) is 0 Å². The molecule has 1 unspecified atom stereocenters. The molecule has 30 heavy (non-hydrogen) atoms. The van der Waals surface area contributed by atoms with Crippen LogP contribution in [0.4, 0.5) is 10.1 Å². The molecule has 0 saturated heterocycles. The second-order valence-corrected chi connectivity index (χ2v) is 8.50. The van der Waals surface area contributed by atoms with E-state index in [1.54, 1.807) is 20.3 Å². The number of rotatable bonds is 5. The standard InChI is InChI=1S/C24H22Cl2FNO2/c1-24(19-8-6-17(27)11-21(19)26)14-28(22-9-5-16(25)10-20(22)24)13-15-4-7-18(29-2)12-23(15)30-3/h4-12H,13-14H2,1-3H3. The van der Waals surface area contributed by atoms with Crippen molar-refractivity contribution >= 4 is 28.9 Å². The molecule has 0 fully saturated rings. The molecule has 6 heteroatoms. The van der Waals surface area contributed by atoms with E-state index in [4.69, 9.17) is 32.7 Å². The molecule has 0 spiro atoms. The highest BCUT2D eigenvalue weighted by atomic mass is 35.5. The molecular weight excluding hydrogens is 424 g/mol. The third-order valence-electron chi connectivity index (χ3n) is 5.78. The van der Waals surface area contributed by atoms with Crippen LogP contribution < -0.4 is 14.4 Å². The minimum Gasteiger partial charge on any atom is -0.497 e. The van der Waals surface area contributed by atoms with E-state index >= 15 is 0 Å². The average molecular weight is 446 g/mol. The van der Waals surface area contributed by atoms with Crippen LogP contribution >= 0.6 is 23.2 Å². The van der Waals surface area contributed by atoms with E-state index < -0.39 is 5.41 Å². The van der Waals surface area contributed by atoms with Crippen molar-refractivity contribution in [3.05, 3.63) is 87.2 Å². The molecule has 1 heterocycles. The first-order chi connectivity index (χ1) is 14.4. The average Bonchev–Trinajstić information content (AvgIpc) is 3.00. The van der Waals surface area contributed by atoms with Crippen molar-refractivity contribution in [3.63, 3.8) is 0 Å². The number of benzene rings is 3. The molecule has 0 N–H and O–H groups in total. The molecule has 1 atom stereocenters. The minimum atomic E-state index is -0.440. The summed E-state index contributed by atoms with van der Waals surface area (Å²) in [4.78, 5) is 2.27. The smallest absolute Gasteiger partial charge is 0.127 e. The van der Waals surface area contributed by atoms with Gasteiger partial charge in [-0.25, -0.2) is 4.39 Å². The molecule has 0 aliphatic carbocycles. The van der Waals surface area contributed by atoms with Crippen LogP contribution in [-0.4, -0.2) is 20.8 Å². The Morgan fingerprint density at radius 3 is 2.47 bits per heavy atom. The van der Waals surface area contributed by atoms with Gasteiger partial charge in [-0.3, -0.25) is 0 Å². The molecule has 1 aliphatic rings. The molecule has 156 valence electrons. The fourth-order valence-electron chi connectivity index (χ4n) is 4.27. The van der Waals surface area contributed by atoms with Gasteiger partial charge in [0.25, 0.3) is 0 Å². The van der Waals surface area contributed by atoms with Crippen LogP contribution in [0.3, 0.4) is 0 Å². The molecule has 0 amide bonds. The maximum absolute atomic E-state index is 13.7. The van der Waals surface area contributed by atoms with Gasteiger partial charge in [-0.15, -0.1) is 0 Å². The SMILES string of the molecule is COc1ccc(CN2CC(C)(c3ccc(F)cc3Cl)c3cc(Cl)ccc32)c(OC)c1. The Kier molecular flexibility index (Phi) is 5.56. The highest BCUT2D eigenvalue weighted by molar-refractivity contribution is 6.31. The summed E-state index contributed by atoms with van der Waals surface area (Å²) in [6.45, 7) is 3.42. The highest BCUT2D eigenvalue weighted by Gasteiger charge is 2.41. The van der Waals surface area contributed by atoms with E-state index in [0.29, 0.717) is 23.1 Å². The van der Waals surface area contributed by atoms with Crippen LogP contribution in [0, 0.1) is 5.82 Å². The van der Waals surface area contributed by atoms with E-state index in [-0.39, 0.29) is 5.82 Å². The fraction of sp³-hybridized carbons (Fsp3) is 0.250. The lowest BCUT2D eigenvalue weighted by Gasteiger charge is -2.28. The summed E-state index contributed by atoms with van der Waals surface area (Å²) in [6.07, 6.45) is 0. The molecule has 0 saturated carbocycles. The summed E-state index contributed by atoms with van der Waals surface area (Å²) in [7, 11) is 3.28. The van der Waals surface area contributed by atoms with Crippen LogP contribution in [-0.2, 0) is 12.0 Å². The topological polar surface area (TPSA) is 21.7 Å². The van der Waals surface area contributed by atoms with E-state index in [2.05, 4.69) is 11.8 Å². The van der Waals surface area contributed by atoms with Crippen molar-refractivity contribution in [2.75, 3.05) is 25.7 Å². The summed E-state index contributed by atoms with van der Waals surface area (Å²) in [5.41, 5.74) is 3.60. The summed E-state index contributed by atoms with van der Waals surface area (Å²) >= 11 is 12.8. The molecular formula is C24H22Cl2FNO2. The van der Waals surface area contributed by atoms with Crippen molar-refractivity contribution < 1.29 is 13.9 Å². The van der Waals surface area contributed by atoms with Gasteiger partial charge in [-0.2, -0.15) is 0 Å². The van der Waals surface area contributed by atoms with Crippen molar-refractivity contribution in [3.8, 4) is 11.5 Å². The number of ether oxygens (including phenoxy) is 2. The molecule has 0 radical (unpaired) electrons. The van der Waals surface area contributed by atoms with Gasteiger partial charge in [-0.05, 0) is 60.5 Å². The van der Waals surface area contributed by atoms with Crippen molar-refractivity contribution in [2.45, 2.75) is 18.9 Å². The Hall–Kier alpha value is -2.43. The van der Waals surface area contributed by atoms with Crippen molar-refractivity contribution in [1.82, 2.24) is 0 Å². The van der Waals surface area contributed by atoms with Crippen LogP contribution in [0.5, 0.6) is 11.5 Å². The minimum absolute atomic E-state index is 0.350. The van der Waals surface area contributed by atoms with Crippen LogP contribution in [0.25, 0.3) is 0 Å². The number of hydrogen-bond acceptors (Lipinski definition) is 3. The van der Waals surface area contributed by atoms with Crippen LogP contribution in [0.1, 0.15) is 23.6 Å². The van der Waals surface area contributed by atoms with E-state index in [1.807, 2.05) is 36.4 Å². The van der Waals surface area contributed by atoms with Gasteiger partial charge in [0.1, 0.15) is 17.3 Å². The second-order valence-electron chi connectivity index (χ2n) is 7.65. The number of halogens is 3. The number of fused-ring (bicyclic) bond motifs is 1. The molecule has 0 bridgehead atoms. The summed E-state index contributed by atoms with van der Waals surface area (Å²) in [5, 5.41) is 1.06. The first kappa shape index (κ1) is 20.8. The Labute approximate surface area is 185 Å². The first-order valence-corrected chi connectivity index (χ1v) is 10.3. The van der Waals surface area contributed by atoms with Gasteiger partial charge in [0, 0.05) is 45.9 Å². The van der Waals surface area contributed by atoms with Gasteiger partial charge >= 0.3 is 0 Å². The van der Waals surface area contributed by atoms with Gasteiger partial charge in [-0.1, -0.05) is 29.3 Å². The maximum atomic E-state index is 13.7. The first-order valence-electron chi connectivity index (χ1n) is 9.57. The van der Waals surface area contributed by atoms with E-state index in [9.17, 15) is 4.39 Å². The summed E-state index contributed by atoms with van der Waals surface area (Å²) in [5.74, 6) is 1.15. The monoisotopic (exact) mass is 445 g/mol. The van der Waals surface area contributed by atoms with Gasteiger partial charge in [0.15, 0.2) is 0 Å². The molecule has 4 rings (SSSR count). The van der Waals surface area contributed by atoms with E-state index in [1.165, 1.54) is 12.1 Å². The summed E-state index contributed by atoms with van der Waals surface area (Å²) in [6, 6.07) is 16.3. The fourth-order valence-corrected chi connectivity index (χ4v) is 4.82. The largest absolute Gasteiger partial charge is 0.497 e. The Bertz CT molecular complexity index is 1100. The van der Waals surface area contributed by atoms with Gasteiger partial charge in [0.2, 0.25) is 0 Å². The van der Waals surface area contributed by atoms with Gasteiger partial charge < -0.3 is 14.4 Å². The van der Waals surface area contributed by atoms with Gasteiger partial charge in [0.05, 0.1) is 14.2 Å². The quantitative estimate of drug-likeness (QED) is 0.448. The number of hydrogen-bond donors (Lipinski definition) is 0. The Morgan fingerprint density at radius 2 is 1.77 bits per heavy atom. The highest BCUT2D eigenvalue weighted by Crippen LogP contribution is 2.48. The third-order valence-corrected chi connectivity index (χ3v) is 6.33. The lowest BCUT2D eigenvalue weighted by molar-refractivity contribution is 0.390. The summed E-state index contributed by atoms with van der Waals surface area (Å²) < 4.78 is 24.6. The maximum Gasteiger partial charge on any atom is 0.127 e. The molecule has 1 aliphatic heterocycles. The van der Waals surface area contributed by atoms with Crippen molar-refractivity contribution in [1.29, 1.82) is 0 Å².